The number of thiophene rings is 1. The van der Waals surface area contributed by atoms with E-state index in [1.165, 1.54) is 0 Å². The molecule has 36 heavy (non-hydrogen) atoms. The van der Waals surface area contributed by atoms with Crippen molar-refractivity contribution in [1.29, 1.82) is 0 Å². The van der Waals surface area contributed by atoms with Crippen LogP contribution in [-0.2, 0) is 27.2 Å². The zero-order valence-electron chi connectivity index (χ0n) is 19.9. The molecule has 3 aromatic rings. The molecule has 1 aromatic heterocycles. The molecule has 4 rings (SSSR count). The summed E-state index contributed by atoms with van der Waals surface area (Å²) in [6.45, 7) is 0. The quantitative estimate of drug-likeness (QED) is 0.295. The summed E-state index contributed by atoms with van der Waals surface area (Å²) in [7, 11) is 0. The van der Waals surface area contributed by atoms with Crippen molar-refractivity contribution in [2.24, 2.45) is 0 Å². The van der Waals surface area contributed by atoms with E-state index in [0.29, 0.717) is 19.3 Å². The van der Waals surface area contributed by atoms with Gasteiger partial charge in [0.2, 0.25) is 11.8 Å². The van der Waals surface area contributed by atoms with E-state index < -0.39 is 28.7 Å². The molecule has 1 unspecified atom stereocenters. The minimum Gasteiger partial charge on any atom is -0.480 e. The fraction of sp³-hybridized carbons (Fsp3) is 0.321. The maximum Gasteiger partial charge on any atom is 0.326 e. The Kier molecular flexibility index (Phi) is 8.48. The number of thiol groups is 1. The zero-order valence-corrected chi connectivity index (χ0v) is 21.6. The van der Waals surface area contributed by atoms with Crippen LogP contribution in [0.25, 0.3) is 11.1 Å². The van der Waals surface area contributed by atoms with Crippen LogP contribution in [0.15, 0.2) is 71.4 Å². The predicted octanol–water partition coefficient (Wildman–Crippen LogP) is 4.50. The number of benzene rings is 2. The number of aliphatic carboxylic acids is 1. The van der Waals surface area contributed by atoms with Crippen molar-refractivity contribution in [2.45, 2.75) is 55.4 Å². The van der Waals surface area contributed by atoms with E-state index in [2.05, 4.69) is 28.6 Å². The molecule has 0 aliphatic heterocycles. The van der Waals surface area contributed by atoms with Crippen LogP contribution in [0.4, 0.5) is 0 Å². The highest BCUT2D eigenvalue weighted by atomic mass is 32.1. The summed E-state index contributed by atoms with van der Waals surface area (Å²) in [6, 6.07) is 18.2. The third kappa shape index (κ3) is 6.36. The minimum absolute atomic E-state index is 0.151. The molecular formula is C28H30N2O4S2. The van der Waals surface area contributed by atoms with E-state index >= 15 is 0 Å². The lowest BCUT2D eigenvalue weighted by Crippen LogP contribution is -2.61. The second-order valence-corrected chi connectivity index (χ2v) is 10.7. The molecule has 1 aliphatic carbocycles. The molecule has 2 atom stereocenters. The van der Waals surface area contributed by atoms with E-state index in [0.717, 1.165) is 35.1 Å². The van der Waals surface area contributed by atoms with E-state index in [1.54, 1.807) is 11.3 Å². The summed E-state index contributed by atoms with van der Waals surface area (Å²) >= 11 is 6.09. The van der Waals surface area contributed by atoms with Crippen LogP contribution < -0.4 is 10.6 Å². The number of carboxylic acid groups (broad SMARTS) is 1. The Balaban J connectivity index is 1.42. The van der Waals surface area contributed by atoms with Gasteiger partial charge < -0.3 is 15.7 Å². The SMILES string of the molecule is O=C(NC1(C(=O)N[C@@H](Cc2ccc(-c3ccsc3)cc2)C(=O)O)CCCC1)C(S)Cc1ccccc1. The molecule has 188 valence electrons. The van der Waals surface area contributed by atoms with Gasteiger partial charge >= 0.3 is 5.97 Å². The van der Waals surface area contributed by atoms with E-state index in [-0.39, 0.29) is 12.3 Å². The molecule has 1 heterocycles. The Morgan fingerprint density at radius 3 is 2.19 bits per heavy atom. The van der Waals surface area contributed by atoms with Crippen LogP contribution in [0.1, 0.15) is 36.8 Å². The molecule has 2 aromatic carbocycles. The Bertz CT molecular complexity index is 1170. The van der Waals surface area contributed by atoms with Crippen molar-refractivity contribution in [3.05, 3.63) is 82.6 Å². The average Bonchev–Trinajstić information content (AvgIpc) is 3.58. The monoisotopic (exact) mass is 522 g/mol. The maximum atomic E-state index is 13.4. The normalized spacial score (nSPS) is 16.1. The maximum absolute atomic E-state index is 13.4. The fourth-order valence-electron chi connectivity index (χ4n) is 4.63. The number of carbonyl (C=O) groups is 3. The smallest absolute Gasteiger partial charge is 0.326 e. The summed E-state index contributed by atoms with van der Waals surface area (Å²) in [6.07, 6.45) is 3.10. The van der Waals surface area contributed by atoms with Crippen LogP contribution >= 0.6 is 24.0 Å². The molecule has 1 fully saturated rings. The topological polar surface area (TPSA) is 95.5 Å². The largest absolute Gasteiger partial charge is 0.480 e. The number of carbonyl (C=O) groups excluding carboxylic acids is 2. The van der Waals surface area contributed by atoms with Gasteiger partial charge in [-0.3, -0.25) is 9.59 Å². The zero-order chi connectivity index (χ0) is 25.5. The van der Waals surface area contributed by atoms with Gasteiger partial charge in [0, 0.05) is 6.42 Å². The molecule has 2 amide bonds. The van der Waals surface area contributed by atoms with Gasteiger partial charge in [-0.25, -0.2) is 4.79 Å². The van der Waals surface area contributed by atoms with E-state index in [1.807, 2.05) is 66.0 Å². The molecule has 1 aliphatic rings. The fourth-order valence-corrected chi connectivity index (χ4v) is 5.57. The van der Waals surface area contributed by atoms with Crippen LogP contribution in [0.2, 0.25) is 0 Å². The average molecular weight is 523 g/mol. The minimum atomic E-state index is -1.12. The van der Waals surface area contributed by atoms with Crippen LogP contribution in [0.5, 0.6) is 0 Å². The van der Waals surface area contributed by atoms with Gasteiger partial charge in [0.05, 0.1) is 5.25 Å². The summed E-state index contributed by atoms with van der Waals surface area (Å²) in [5.41, 5.74) is 2.84. The number of carboxylic acids is 1. The first-order valence-electron chi connectivity index (χ1n) is 12.1. The van der Waals surface area contributed by atoms with Crippen LogP contribution in [-0.4, -0.2) is 39.7 Å². The lowest BCUT2D eigenvalue weighted by molar-refractivity contribution is -0.143. The van der Waals surface area contributed by atoms with Crippen molar-refractivity contribution < 1.29 is 19.5 Å². The van der Waals surface area contributed by atoms with Gasteiger partial charge in [-0.2, -0.15) is 24.0 Å². The number of hydrogen-bond donors (Lipinski definition) is 4. The van der Waals surface area contributed by atoms with Gasteiger partial charge in [-0.15, -0.1) is 0 Å². The highest BCUT2D eigenvalue weighted by molar-refractivity contribution is 7.81. The van der Waals surface area contributed by atoms with Gasteiger partial charge in [0.15, 0.2) is 0 Å². The molecule has 0 spiro atoms. The predicted molar refractivity (Wildman–Crippen MR) is 145 cm³/mol. The molecule has 0 radical (unpaired) electrons. The molecule has 1 saturated carbocycles. The van der Waals surface area contributed by atoms with Crippen LogP contribution in [0, 0.1) is 0 Å². The second kappa shape index (κ2) is 11.8. The van der Waals surface area contributed by atoms with Gasteiger partial charge in [0.1, 0.15) is 11.6 Å². The number of nitrogens with one attached hydrogen (secondary N) is 2. The Morgan fingerprint density at radius 2 is 1.58 bits per heavy atom. The summed E-state index contributed by atoms with van der Waals surface area (Å²) in [5.74, 6) is -1.88. The Labute approximate surface area is 220 Å². The first-order chi connectivity index (χ1) is 17.4. The Morgan fingerprint density at radius 1 is 0.917 bits per heavy atom. The lowest BCUT2D eigenvalue weighted by Gasteiger charge is -2.31. The van der Waals surface area contributed by atoms with Gasteiger partial charge in [-0.1, -0.05) is 67.4 Å². The lowest BCUT2D eigenvalue weighted by atomic mass is 9.94. The van der Waals surface area contributed by atoms with Crippen molar-refractivity contribution in [3.8, 4) is 11.1 Å². The standard InChI is InChI=1S/C28H30N2O4S2/c31-25(24(35)17-19-6-2-1-3-7-19)30-28(13-4-5-14-28)27(34)29-23(26(32)33)16-20-8-10-21(11-9-20)22-12-15-36-18-22/h1-3,6-12,15,18,23-24,35H,4-5,13-14,16-17H2,(H,29,34)(H,30,31)(H,32,33)/t23-,24?/m0/s1. The van der Waals surface area contributed by atoms with Crippen molar-refractivity contribution in [2.75, 3.05) is 0 Å². The molecule has 3 N–H and O–H groups in total. The molecule has 6 nitrogen and oxygen atoms in total. The summed E-state index contributed by atoms with van der Waals surface area (Å²) in [5, 5.41) is 18.9. The van der Waals surface area contributed by atoms with Crippen molar-refractivity contribution >= 4 is 41.7 Å². The van der Waals surface area contributed by atoms with E-state index in [4.69, 9.17) is 0 Å². The third-order valence-corrected chi connectivity index (χ3v) is 7.78. The van der Waals surface area contributed by atoms with Crippen LogP contribution in [0.3, 0.4) is 0 Å². The first kappa shape index (κ1) is 26.0. The van der Waals surface area contributed by atoms with Crippen molar-refractivity contribution in [3.63, 3.8) is 0 Å². The Hall–Kier alpha value is -3.10. The molecule has 0 bridgehead atoms. The van der Waals surface area contributed by atoms with Gasteiger partial charge in [0.25, 0.3) is 0 Å². The van der Waals surface area contributed by atoms with E-state index in [9.17, 15) is 19.5 Å². The third-order valence-electron chi connectivity index (χ3n) is 6.68. The second-order valence-electron chi connectivity index (χ2n) is 9.26. The number of amides is 2. The number of hydrogen-bond acceptors (Lipinski definition) is 5. The molecule has 8 heteroatoms. The molecule has 0 saturated heterocycles. The van der Waals surface area contributed by atoms with Gasteiger partial charge in [-0.05, 0) is 58.3 Å². The highest BCUT2D eigenvalue weighted by Crippen LogP contribution is 2.31. The van der Waals surface area contributed by atoms with Crippen molar-refractivity contribution in [1.82, 2.24) is 10.6 Å². The highest BCUT2D eigenvalue weighted by Gasteiger charge is 2.44. The summed E-state index contributed by atoms with van der Waals surface area (Å²) in [4.78, 5) is 38.4. The molecular weight excluding hydrogens is 492 g/mol. The first-order valence-corrected chi connectivity index (χ1v) is 13.5. The summed E-state index contributed by atoms with van der Waals surface area (Å²) < 4.78 is 0. The number of rotatable bonds is 10.